The molecule has 0 fully saturated rings. The first-order valence-electron chi connectivity index (χ1n) is 6.10. The Labute approximate surface area is 115 Å². The normalized spacial score (nSPS) is 18.1. The molecule has 0 amide bonds. The van der Waals surface area contributed by atoms with Gasteiger partial charge in [0.15, 0.2) is 0 Å². The number of ketones is 1. The van der Waals surface area contributed by atoms with Crippen molar-refractivity contribution >= 4 is 33.5 Å². The summed E-state index contributed by atoms with van der Waals surface area (Å²) in [4.78, 5) is 13.1. The maximum absolute atomic E-state index is 11.6. The minimum atomic E-state index is 0.416. The average Bonchev–Trinajstić information content (AvgIpc) is 2.77. The molecule has 1 aliphatic rings. The second-order valence-electron chi connectivity index (χ2n) is 4.42. The SMILES string of the molecule is O=C(CCCBr)CCC1CSc2ccccc21. The quantitative estimate of drug-likeness (QED) is 0.724. The van der Waals surface area contributed by atoms with Crippen LogP contribution in [-0.4, -0.2) is 16.9 Å². The second-order valence-corrected chi connectivity index (χ2v) is 6.27. The van der Waals surface area contributed by atoms with Crippen LogP contribution in [0.25, 0.3) is 0 Å². The van der Waals surface area contributed by atoms with Gasteiger partial charge in [-0.3, -0.25) is 4.79 Å². The number of halogens is 1. The zero-order valence-electron chi connectivity index (χ0n) is 9.82. The van der Waals surface area contributed by atoms with Crippen LogP contribution >= 0.6 is 27.7 Å². The molecule has 3 heteroatoms. The molecule has 1 atom stereocenters. The van der Waals surface area contributed by atoms with Crippen molar-refractivity contribution in [3.63, 3.8) is 0 Å². The first-order valence-corrected chi connectivity index (χ1v) is 8.21. The molecule has 1 unspecified atom stereocenters. The summed E-state index contributed by atoms with van der Waals surface area (Å²) >= 11 is 5.29. The molecule has 0 radical (unpaired) electrons. The summed E-state index contributed by atoms with van der Waals surface area (Å²) in [7, 11) is 0. The van der Waals surface area contributed by atoms with Gasteiger partial charge in [-0.1, -0.05) is 34.1 Å². The van der Waals surface area contributed by atoms with E-state index in [1.807, 2.05) is 11.8 Å². The number of thioether (sulfide) groups is 1. The number of hydrogen-bond acceptors (Lipinski definition) is 2. The van der Waals surface area contributed by atoms with Crippen LogP contribution in [0.1, 0.15) is 37.2 Å². The first-order chi connectivity index (χ1) is 8.31. The Kier molecular flexibility index (Phi) is 5.11. The number of Topliss-reactive ketones (excluding diaryl/α,β-unsaturated/α-hetero) is 1. The molecule has 1 aromatic carbocycles. The van der Waals surface area contributed by atoms with Gasteiger partial charge in [0, 0.05) is 28.8 Å². The molecule has 1 heterocycles. The molecular formula is C14H17BrOS. The van der Waals surface area contributed by atoms with E-state index >= 15 is 0 Å². The Morgan fingerprint density at radius 1 is 1.35 bits per heavy atom. The lowest BCUT2D eigenvalue weighted by Crippen LogP contribution is -2.03. The fourth-order valence-corrected chi connectivity index (χ4v) is 3.78. The Morgan fingerprint density at radius 2 is 2.18 bits per heavy atom. The van der Waals surface area contributed by atoms with Crippen LogP contribution in [-0.2, 0) is 4.79 Å². The molecule has 1 aromatic rings. The van der Waals surface area contributed by atoms with Crippen LogP contribution in [0.2, 0.25) is 0 Å². The van der Waals surface area contributed by atoms with E-state index in [1.54, 1.807) is 0 Å². The number of fused-ring (bicyclic) bond motifs is 1. The van der Waals surface area contributed by atoms with Crippen LogP contribution in [0.15, 0.2) is 29.2 Å². The van der Waals surface area contributed by atoms with Gasteiger partial charge < -0.3 is 0 Å². The van der Waals surface area contributed by atoms with Crippen LogP contribution < -0.4 is 0 Å². The molecule has 0 aromatic heterocycles. The topological polar surface area (TPSA) is 17.1 Å². The van der Waals surface area contributed by atoms with Crippen molar-refractivity contribution in [3.05, 3.63) is 29.8 Å². The van der Waals surface area contributed by atoms with E-state index in [0.717, 1.165) is 36.8 Å². The Balaban J connectivity index is 1.83. The van der Waals surface area contributed by atoms with Gasteiger partial charge in [0.25, 0.3) is 0 Å². The maximum atomic E-state index is 11.6. The third-order valence-electron chi connectivity index (χ3n) is 3.16. The van der Waals surface area contributed by atoms with E-state index in [2.05, 4.69) is 40.2 Å². The van der Waals surface area contributed by atoms with Gasteiger partial charge in [0.2, 0.25) is 0 Å². The summed E-state index contributed by atoms with van der Waals surface area (Å²) in [5.74, 6) is 2.15. The van der Waals surface area contributed by atoms with Gasteiger partial charge in [-0.05, 0) is 30.4 Å². The number of carbonyl (C=O) groups is 1. The van der Waals surface area contributed by atoms with Crippen LogP contribution in [0, 0.1) is 0 Å². The predicted octanol–water partition coefficient (Wildman–Crippen LogP) is 4.40. The van der Waals surface area contributed by atoms with Crippen molar-refractivity contribution in [2.24, 2.45) is 0 Å². The number of benzene rings is 1. The summed E-state index contributed by atoms with van der Waals surface area (Å²) in [6.45, 7) is 0. The summed E-state index contributed by atoms with van der Waals surface area (Å²) < 4.78 is 0. The Morgan fingerprint density at radius 3 is 3.00 bits per heavy atom. The van der Waals surface area contributed by atoms with Gasteiger partial charge in [0.1, 0.15) is 5.78 Å². The standard InChI is InChI=1S/C14H17BrOS/c15-9-3-4-12(16)8-7-11-10-17-14-6-2-1-5-13(11)14/h1-2,5-6,11H,3-4,7-10H2. The van der Waals surface area contributed by atoms with Crippen LogP contribution in [0.3, 0.4) is 0 Å². The van der Waals surface area contributed by atoms with Crippen molar-refractivity contribution in [2.45, 2.75) is 36.5 Å². The third-order valence-corrected chi connectivity index (χ3v) is 4.97. The number of hydrogen-bond donors (Lipinski definition) is 0. The number of alkyl halides is 1. The molecule has 1 nitrogen and oxygen atoms in total. The lowest BCUT2D eigenvalue weighted by Gasteiger charge is -2.09. The summed E-state index contributed by atoms with van der Waals surface area (Å²) in [5.41, 5.74) is 1.45. The third kappa shape index (κ3) is 3.59. The number of rotatable bonds is 6. The molecule has 0 aliphatic carbocycles. The monoisotopic (exact) mass is 312 g/mol. The van der Waals surface area contributed by atoms with E-state index in [-0.39, 0.29) is 0 Å². The van der Waals surface area contributed by atoms with Crippen molar-refractivity contribution < 1.29 is 4.79 Å². The highest BCUT2D eigenvalue weighted by atomic mass is 79.9. The lowest BCUT2D eigenvalue weighted by atomic mass is 9.94. The highest BCUT2D eigenvalue weighted by molar-refractivity contribution is 9.09. The lowest BCUT2D eigenvalue weighted by molar-refractivity contribution is -0.119. The highest BCUT2D eigenvalue weighted by Crippen LogP contribution is 2.41. The molecule has 0 saturated heterocycles. The van der Waals surface area contributed by atoms with E-state index in [9.17, 15) is 4.79 Å². The molecular weight excluding hydrogens is 296 g/mol. The summed E-state index contributed by atoms with van der Waals surface area (Å²) in [6, 6.07) is 8.59. The van der Waals surface area contributed by atoms with Crippen molar-refractivity contribution in [1.29, 1.82) is 0 Å². The van der Waals surface area contributed by atoms with E-state index in [0.29, 0.717) is 11.7 Å². The van der Waals surface area contributed by atoms with Crippen LogP contribution in [0.5, 0.6) is 0 Å². The molecule has 0 spiro atoms. The van der Waals surface area contributed by atoms with E-state index in [4.69, 9.17) is 0 Å². The van der Waals surface area contributed by atoms with E-state index < -0.39 is 0 Å². The van der Waals surface area contributed by atoms with E-state index in [1.165, 1.54) is 10.5 Å². The van der Waals surface area contributed by atoms with Crippen molar-refractivity contribution in [2.75, 3.05) is 11.1 Å². The van der Waals surface area contributed by atoms with Gasteiger partial charge in [-0.15, -0.1) is 11.8 Å². The maximum Gasteiger partial charge on any atom is 0.132 e. The Bertz CT molecular complexity index is 392. The Hall–Kier alpha value is -0.280. The van der Waals surface area contributed by atoms with Crippen LogP contribution in [0.4, 0.5) is 0 Å². The summed E-state index contributed by atoms with van der Waals surface area (Å²) in [5, 5.41) is 0.931. The largest absolute Gasteiger partial charge is 0.300 e. The minimum Gasteiger partial charge on any atom is -0.300 e. The van der Waals surface area contributed by atoms with Crippen molar-refractivity contribution in [3.8, 4) is 0 Å². The number of carbonyl (C=O) groups excluding carboxylic acids is 1. The van der Waals surface area contributed by atoms with Gasteiger partial charge in [0.05, 0.1) is 0 Å². The van der Waals surface area contributed by atoms with Gasteiger partial charge in [-0.25, -0.2) is 0 Å². The first kappa shape index (κ1) is 13.2. The second kappa shape index (κ2) is 6.60. The molecule has 1 aliphatic heterocycles. The van der Waals surface area contributed by atoms with Gasteiger partial charge >= 0.3 is 0 Å². The highest BCUT2D eigenvalue weighted by Gasteiger charge is 2.22. The predicted molar refractivity (Wildman–Crippen MR) is 77.2 cm³/mol. The molecule has 92 valence electrons. The fourth-order valence-electron chi connectivity index (χ4n) is 2.19. The zero-order valence-corrected chi connectivity index (χ0v) is 12.2. The fraction of sp³-hybridized carbons (Fsp3) is 0.500. The van der Waals surface area contributed by atoms with Gasteiger partial charge in [-0.2, -0.15) is 0 Å². The van der Waals surface area contributed by atoms with Crippen molar-refractivity contribution in [1.82, 2.24) is 0 Å². The molecule has 0 saturated carbocycles. The molecule has 17 heavy (non-hydrogen) atoms. The summed E-state index contributed by atoms with van der Waals surface area (Å²) in [6.07, 6.45) is 3.46. The molecule has 0 bridgehead atoms. The minimum absolute atomic E-state index is 0.416. The average molecular weight is 313 g/mol. The zero-order chi connectivity index (χ0) is 12.1. The molecule has 0 N–H and O–H groups in total. The molecule has 2 rings (SSSR count). The smallest absolute Gasteiger partial charge is 0.132 e.